The van der Waals surface area contributed by atoms with Crippen LogP contribution >= 0.6 is 11.3 Å². The third-order valence-corrected chi connectivity index (χ3v) is 11.4. The molecule has 2 aromatic heterocycles. The Morgan fingerprint density at radius 3 is 2.44 bits per heavy atom. The number of fused-ring (bicyclic) bond motifs is 1. The third-order valence-electron chi connectivity index (χ3n) is 8.29. The van der Waals surface area contributed by atoms with Gasteiger partial charge in [-0.05, 0) is 47.9 Å². The number of rotatable bonds is 9. The van der Waals surface area contributed by atoms with E-state index in [-0.39, 0.29) is 34.9 Å². The number of carbonyl (C=O) groups excluding carboxylic acids is 3. The lowest BCUT2D eigenvalue weighted by molar-refractivity contribution is -0.123. The SMILES string of the molecule is CC1(Cc2nnc(C(c3nc4ccc(-c5ccc(C(=O)N6CCOCC6)cc5)cc4s3)S(=O)(=O)Cc3ccccc3)o2)NC(=O)NC1=O. The van der Waals surface area contributed by atoms with Gasteiger partial charge in [-0.2, -0.15) is 0 Å². The van der Waals surface area contributed by atoms with Crippen LogP contribution < -0.4 is 10.6 Å². The number of ether oxygens (including phenoxy) is 1. The Morgan fingerprint density at radius 2 is 1.73 bits per heavy atom. The van der Waals surface area contributed by atoms with E-state index in [1.54, 1.807) is 47.4 Å². The van der Waals surface area contributed by atoms with Gasteiger partial charge in [0.1, 0.15) is 10.5 Å². The van der Waals surface area contributed by atoms with Crippen molar-refractivity contribution in [1.29, 1.82) is 0 Å². The first-order valence-electron chi connectivity index (χ1n) is 15.2. The minimum Gasteiger partial charge on any atom is -0.423 e. The summed E-state index contributed by atoms with van der Waals surface area (Å²) in [5.41, 5.74) is 2.19. The number of sulfone groups is 1. The first-order valence-corrected chi connectivity index (χ1v) is 17.7. The van der Waals surface area contributed by atoms with Crippen LogP contribution in [0, 0.1) is 0 Å². The number of aromatic nitrogens is 3. The highest BCUT2D eigenvalue weighted by Gasteiger charge is 2.44. The Bertz CT molecular complexity index is 2130. The summed E-state index contributed by atoms with van der Waals surface area (Å²) in [6.07, 6.45) is -0.136. The Balaban J connectivity index is 1.20. The maximum Gasteiger partial charge on any atom is 0.322 e. The van der Waals surface area contributed by atoms with Gasteiger partial charge in [-0.25, -0.2) is 18.2 Å². The van der Waals surface area contributed by atoms with E-state index in [4.69, 9.17) is 14.1 Å². The number of imide groups is 1. The zero-order valence-electron chi connectivity index (χ0n) is 25.7. The lowest BCUT2D eigenvalue weighted by atomic mass is 9.98. The molecule has 2 aliphatic rings. The predicted molar refractivity (Wildman–Crippen MR) is 176 cm³/mol. The molecular weight excluding hydrogens is 657 g/mol. The summed E-state index contributed by atoms with van der Waals surface area (Å²) in [6, 6.07) is 21.1. The van der Waals surface area contributed by atoms with Crippen LogP contribution in [-0.2, 0) is 31.5 Å². The zero-order valence-corrected chi connectivity index (χ0v) is 27.3. The molecule has 5 aromatic rings. The molecule has 2 N–H and O–H groups in total. The second kappa shape index (κ2) is 12.6. The van der Waals surface area contributed by atoms with Gasteiger partial charge in [0.15, 0.2) is 15.1 Å². The normalized spacial score (nSPS) is 18.9. The monoisotopic (exact) mass is 686 g/mol. The lowest BCUT2D eigenvalue weighted by Gasteiger charge is -2.26. The van der Waals surface area contributed by atoms with Crippen LogP contribution in [0.2, 0.25) is 0 Å². The van der Waals surface area contributed by atoms with E-state index < -0.39 is 32.6 Å². The number of thiazole rings is 1. The molecule has 0 saturated carbocycles. The largest absolute Gasteiger partial charge is 0.423 e. The first kappa shape index (κ1) is 31.6. The topological polar surface area (TPSA) is 174 Å². The van der Waals surface area contributed by atoms with Crippen molar-refractivity contribution in [2.75, 3.05) is 26.3 Å². The molecule has 3 aromatic carbocycles. The van der Waals surface area contributed by atoms with Crippen molar-refractivity contribution in [3.8, 4) is 11.1 Å². The number of nitrogens with one attached hydrogen (secondary N) is 2. The Labute approximate surface area is 279 Å². The van der Waals surface area contributed by atoms with Crippen molar-refractivity contribution >= 4 is 49.2 Å². The van der Waals surface area contributed by atoms with E-state index in [1.807, 2.05) is 30.3 Å². The van der Waals surface area contributed by atoms with Gasteiger partial charge in [0.25, 0.3) is 11.8 Å². The fraction of sp³-hybridized carbons (Fsp3) is 0.273. The molecule has 13 nitrogen and oxygen atoms in total. The van der Waals surface area contributed by atoms with Crippen molar-refractivity contribution in [2.45, 2.75) is 29.9 Å². The number of amides is 4. The molecule has 4 amide bonds. The molecule has 4 heterocycles. The number of urea groups is 1. The van der Waals surface area contributed by atoms with E-state index in [1.165, 1.54) is 18.3 Å². The molecule has 2 saturated heterocycles. The van der Waals surface area contributed by atoms with Crippen LogP contribution in [0.4, 0.5) is 4.79 Å². The number of hydrogen-bond donors (Lipinski definition) is 2. The highest BCUT2D eigenvalue weighted by molar-refractivity contribution is 7.91. The maximum atomic E-state index is 14.1. The second-order valence-corrected chi connectivity index (χ2v) is 15.0. The molecule has 15 heteroatoms. The van der Waals surface area contributed by atoms with Crippen molar-refractivity contribution in [2.24, 2.45) is 0 Å². The molecule has 0 spiro atoms. The minimum atomic E-state index is -4.00. The third kappa shape index (κ3) is 6.31. The van der Waals surface area contributed by atoms with Crippen LogP contribution in [0.25, 0.3) is 21.3 Å². The van der Waals surface area contributed by atoms with E-state index in [9.17, 15) is 22.8 Å². The number of hydrogen-bond acceptors (Lipinski definition) is 11. The fourth-order valence-electron chi connectivity index (χ4n) is 5.74. The summed E-state index contributed by atoms with van der Waals surface area (Å²) in [5.74, 6) is -1.09. The standard InChI is InChI=1S/C33H30N6O7S2/c1-33(31(41)35-32(42)36-33)18-26-37-38-28(46-26)27(48(43,44)19-20-5-3-2-4-6-20)29-34-24-12-11-23(17-25(24)47-29)21-7-9-22(10-8-21)30(40)39-13-15-45-16-14-39/h2-12,17,27H,13-16,18-19H2,1H3,(H2,35,36,41,42). The highest BCUT2D eigenvalue weighted by Crippen LogP contribution is 2.38. The first-order chi connectivity index (χ1) is 23.1. The quantitative estimate of drug-likeness (QED) is 0.218. The summed E-state index contributed by atoms with van der Waals surface area (Å²) >= 11 is 1.20. The highest BCUT2D eigenvalue weighted by atomic mass is 32.2. The van der Waals surface area contributed by atoms with E-state index in [0.717, 1.165) is 15.8 Å². The van der Waals surface area contributed by atoms with E-state index >= 15 is 0 Å². The van der Waals surface area contributed by atoms with Crippen LogP contribution in [0.15, 0.2) is 77.2 Å². The molecule has 0 radical (unpaired) electrons. The van der Waals surface area contributed by atoms with Gasteiger partial charge in [0, 0.05) is 18.7 Å². The summed E-state index contributed by atoms with van der Waals surface area (Å²) < 4.78 is 40.1. The Hall–Kier alpha value is -4.99. The molecule has 2 atom stereocenters. The molecule has 246 valence electrons. The van der Waals surface area contributed by atoms with Gasteiger partial charge in [-0.3, -0.25) is 14.9 Å². The van der Waals surface area contributed by atoms with Gasteiger partial charge in [-0.1, -0.05) is 48.5 Å². The number of carbonyl (C=O) groups is 3. The van der Waals surface area contributed by atoms with Crippen LogP contribution in [-0.4, -0.2) is 78.2 Å². The molecule has 2 unspecified atom stereocenters. The smallest absolute Gasteiger partial charge is 0.322 e. The van der Waals surface area contributed by atoms with E-state index in [2.05, 4.69) is 20.8 Å². The van der Waals surface area contributed by atoms with Gasteiger partial charge >= 0.3 is 6.03 Å². The van der Waals surface area contributed by atoms with Crippen LogP contribution in [0.1, 0.15) is 44.9 Å². The summed E-state index contributed by atoms with van der Waals surface area (Å²) in [6.45, 7) is 3.70. The van der Waals surface area contributed by atoms with Gasteiger partial charge in [0.2, 0.25) is 11.8 Å². The zero-order chi connectivity index (χ0) is 33.5. The van der Waals surface area contributed by atoms with E-state index in [0.29, 0.717) is 42.9 Å². The van der Waals surface area contributed by atoms with Gasteiger partial charge in [-0.15, -0.1) is 21.5 Å². The predicted octanol–water partition coefficient (Wildman–Crippen LogP) is 3.66. The van der Waals surface area contributed by atoms with Crippen LogP contribution in [0.5, 0.6) is 0 Å². The fourth-order valence-corrected chi connectivity index (χ4v) is 8.89. The van der Waals surface area contributed by atoms with Crippen molar-refractivity contribution in [1.82, 2.24) is 30.7 Å². The molecule has 0 bridgehead atoms. The van der Waals surface area contributed by atoms with Crippen molar-refractivity contribution in [3.63, 3.8) is 0 Å². The Morgan fingerprint density at radius 1 is 1.00 bits per heavy atom. The van der Waals surface area contributed by atoms with Crippen LogP contribution in [0.3, 0.4) is 0 Å². The number of nitrogens with zero attached hydrogens (tertiary/aromatic N) is 4. The molecule has 48 heavy (non-hydrogen) atoms. The summed E-state index contributed by atoms with van der Waals surface area (Å²) in [5, 5.41) is 11.7. The molecular formula is C33H30N6O7S2. The van der Waals surface area contributed by atoms with Gasteiger partial charge in [0.05, 0.1) is 35.6 Å². The van der Waals surface area contributed by atoms with Crippen molar-refractivity contribution in [3.05, 3.63) is 101 Å². The lowest BCUT2D eigenvalue weighted by Crippen LogP contribution is -2.45. The van der Waals surface area contributed by atoms with Crippen molar-refractivity contribution < 1.29 is 32.0 Å². The molecule has 2 fully saturated rings. The number of morpholine rings is 1. The molecule has 0 aliphatic carbocycles. The molecule has 7 rings (SSSR count). The summed E-state index contributed by atoms with van der Waals surface area (Å²) in [7, 11) is -4.00. The Kier molecular flexibility index (Phi) is 8.27. The number of benzene rings is 3. The molecule has 2 aliphatic heterocycles. The second-order valence-electron chi connectivity index (χ2n) is 11.8. The average Bonchev–Trinajstić information content (AvgIpc) is 3.77. The minimum absolute atomic E-state index is 0.0105. The maximum absolute atomic E-state index is 14.1. The van der Waals surface area contributed by atoms with Gasteiger partial charge < -0.3 is 19.4 Å². The summed E-state index contributed by atoms with van der Waals surface area (Å²) in [4.78, 5) is 43.5. The average molecular weight is 687 g/mol.